The summed E-state index contributed by atoms with van der Waals surface area (Å²) in [5.74, 6) is 1.17. The summed E-state index contributed by atoms with van der Waals surface area (Å²) in [6.45, 7) is 1.82. The molecule has 0 saturated carbocycles. The monoisotopic (exact) mass is 411 g/mol. The van der Waals surface area contributed by atoms with Crippen LogP contribution in [0.2, 0.25) is 0 Å². The first kappa shape index (κ1) is 21.3. The highest BCUT2D eigenvalue weighted by Gasteiger charge is 2.44. The molecule has 28 heavy (non-hydrogen) atoms. The Morgan fingerprint density at radius 2 is 1.89 bits per heavy atom. The minimum atomic E-state index is -1.20. The van der Waals surface area contributed by atoms with E-state index in [1.165, 1.54) is 54.8 Å². The summed E-state index contributed by atoms with van der Waals surface area (Å²) in [6.07, 6.45) is 4.63. The van der Waals surface area contributed by atoms with Gasteiger partial charge in [0.15, 0.2) is 22.8 Å². The first-order valence-corrected chi connectivity index (χ1v) is 10.8. The summed E-state index contributed by atoms with van der Waals surface area (Å²) in [6, 6.07) is 0. The number of thioether (sulfide) groups is 1. The molecule has 0 unspecified atom stereocenters. The van der Waals surface area contributed by atoms with Crippen molar-refractivity contribution in [1.29, 1.82) is 0 Å². The fourth-order valence-electron chi connectivity index (χ4n) is 3.32. The molecule has 2 aromatic rings. The molecule has 1 saturated heterocycles. The fraction of sp³-hybridized carbons (Fsp3) is 0.722. The maximum Gasteiger partial charge on any atom is 0.191 e. The van der Waals surface area contributed by atoms with Crippen molar-refractivity contribution < 1.29 is 20.1 Å². The number of nitrogens with zero attached hydrogens (tertiary/aromatic N) is 4. The van der Waals surface area contributed by atoms with E-state index in [2.05, 4.69) is 21.9 Å². The summed E-state index contributed by atoms with van der Waals surface area (Å²) in [5.41, 5.74) is 6.89. The van der Waals surface area contributed by atoms with Gasteiger partial charge in [0.1, 0.15) is 23.8 Å². The number of imidazole rings is 1. The highest BCUT2D eigenvalue weighted by atomic mass is 32.2. The number of aliphatic hydroxyl groups is 3. The van der Waals surface area contributed by atoms with Crippen molar-refractivity contribution in [2.45, 2.75) is 75.1 Å². The van der Waals surface area contributed by atoms with Crippen molar-refractivity contribution in [3.05, 3.63) is 6.33 Å². The maximum absolute atomic E-state index is 10.3. The van der Waals surface area contributed by atoms with Crippen LogP contribution in [0.15, 0.2) is 11.5 Å². The number of nitrogens with two attached hydrogens (primary N) is 1. The third kappa shape index (κ3) is 4.57. The van der Waals surface area contributed by atoms with E-state index in [4.69, 9.17) is 10.5 Å². The molecular formula is C18H29N5O4S. The van der Waals surface area contributed by atoms with Crippen molar-refractivity contribution >= 4 is 28.7 Å². The molecule has 156 valence electrons. The lowest BCUT2D eigenvalue weighted by Gasteiger charge is -2.16. The number of unbranched alkanes of at least 4 members (excludes halogenated alkanes) is 5. The summed E-state index contributed by atoms with van der Waals surface area (Å²) in [4.78, 5) is 13.1. The smallest absolute Gasteiger partial charge is 0.191 e. The number of ether oxygens (including phenoxy) is 1. The molecule has 3 rings (SSSR count). The van der Waals surface area contributed by atoms with Crippen molar-refractivity contribution in [1.82, 2.24) is 19.5 Å². The van der Waals surface area contributed by atoms with E-state index in [9.17, 15) is 15.3 Å². The molecule has 0 aliphatic carbocycles. The van der Waals surface area contributed by atoms with E-state index < -0.39 is 31.1 Å². The molecule has 0 amide bonds. The maximum atomic E-state index is 10.3. The largest absolute Gasteiger partial charge is 0.394 e. The van der Waals surface area contributed by atoms with E-state index in [0.717, 1.165) is 12.2 Å². The number of nitrogen functional groups attached to an aromatic ring is 1. The van der Waals surface area contributed by atoms with Crippen LogP contribution in [0.1, 0.15) is 51.7 Å². The lowest BCUT2D eigenvalue weighted by atomic mass is 10.1. The minimum absolute atomic E-state index is 0.265. The van der Waals surface area contributed by atoms with Gasteiger partial charge in [-0.15, -0.1) is 0 Å². The van der Waals surface area contributed by atoms with Gasteiger partial charge in [-0.1, -0.05) is 50.8 Å². The Morgan fingerprint density at radius 3 is 2.61 bits per heavy atom. The average molecular weight is 412 g/mol. The second-order valence-electron chi connectivity index (χ2n) is 7.06. The first-order valence-electron chi connectivity index (χ1n) is 9.82. The SMILES string of the molecule is CCCCCCCCSc1nc(N)c2ncn([C@@H]3O[C@H](CO)[C@@H](O)[C@H]3O)c2n1. The number of anilines is 1. The molecule has 4 atom stereocenters. The van der Waals surface area contributed by atoms with Crippen molar-refractivity contribution in [2.24, 2.45) is 0 Å². The van der Waals surface area contributed by atoms with Gasteiger partial charge in [0.2, 0.25) is 0 Å². The van der Waals surface area contributed by atoms with E-state index >= 15 is 0 Å². The highest BCUT2D eigenvalue weighted by molar-refractivity contribution is 7.99. The average Bonchev–Trinajstić information content (AvgIpc) is 3.23. The Bertz CT molecular complexity index is 774. The van der Waals surface area contributed by atoms with Gasteiger partial charge in [0.25, 0.3) is 0 Å². The number of rotatable bonds is 10. The highest BCUT2D eigenvalue weighted by Crippen LogP contribution is 2.32. The lowest BCUT2D eigenvalue weighted by molar-refractivity contribution is -0.0511. The summed E-state index contributed by atoms with van der Waals surface area (Å²) in [5, 5.41) is 30.1. The van der Waals surface area contributed by atoms with Gasteiger partial charge in [-0.05, 0) is 6.42 Å². The van der Waals surface area contributed by atoms with Crippen LogP contribution in [0.25, 0.3) is 11.2 Å². The molecule has 1 aliphatic rings. The second-order valence-corrected chi connectivity index (χ2v) is 8.12. The fourth-order valence-corrected chi connectivity index (χ4v) is 4.17. The second kappa shape index (κ2) is 9.84. The zero-order chi connectivity index (χ0) is 20.1. The molecule has 0 bridgehead atoms. The van der Waals surface area contributed by atoms with Gasteiger partial charge in [-0.3, -0.25) is 4.57 Å². The lowest BCUT2D eigenvalue weighted by Crippen LogP contribution is -2.33. The van der Waals surface area contributed by atoms with Crippen molar-refractivity contribution in [3.8, 4) is 0 Å². The predicted octanol–water partition coefficient (Wildman–Crippen LogP) is 1.47. The Morgan fingerprint density at radius 1 is 1.14 bits per heavy atom. The molecule has 0 aromatic carbocycles. The zero-order valence-corrected chi connectivity index (χ0v) is 16.9. The minimum Gasteiger partial charge on any atom is -0.394 e. The van der Waals surface area contributed by atoms with Crippen molar-refractivity contribution in [2.75, 3.05) is 18.1 Å². The molecule has 3 heterocycles. The molecule has 9 nitrogen and oxygen atoms in total. The molecule has 0 spiro atoms. The summed E-state index contributed by atoms with van der Waals surface area (Å²) < 4.78 is 7.11. The van der Waals surface area contributed by atoms with Crippen LogP contribution in [0.5, 0.6) is 0 Å². The van der Waals surface area contributed by atoms with Crippen LogP contribution >= 0.6 is 11.8 Å². The van der Waals surface area contributed by atoms with E-state index in [-0.39, 0.29) is 5.82 Å². The van der Waals surface area contributed by atoms with Crippen LogP contribution in [0, 0.1) is 0 Å². The summed E-state index contributed by atoms with van der Waals surface area (Å²) >= 11 is 1.54. The van der Waals surface area contributed by atoms with Gasteiger partial charge < -0.3 is 25.8 Å². The van der Waals surface area contributed by atoms with Crippen LogP contribution in [-0.2, 0) is 4.74 Å². The molecule has 0 radical (unpaired) electrons. The van der Waals surface area contributed by atoms with Crippen LogP contribution in [0.4, 0.5) is 5.82 Å². The summed E-state index contributed by atoms with van der Waals surface area (Å²) in [7, 11) is 0. The standard InChI is InChI=1S/C18H29N5O4S/c1-2-3-4-5-6-7-8-28-18-21-15(19)12-16(22-18)23(10-20-12)17-14(26)13(25)11(9-24)27-17/h10-11,13-14,17,24-26H,2-9H2,1H3,(H2,19,21,22)/t11-,13-,14-,17-/m1/s1. The number of hydrogen-bond donors (Lipinski definition) is 4. The zero-order valence-electron chi connectivity index (χ0n) is 16.1. The molecule has 1 fully saturated rings. The Labute approximate surface area is 168 Å². The van der Waals surface area contributed by atoms with Crippen LogP contribution in [0.3, 0.4) is 0 Å². The van der Waals surface area contributed by atoms with Gasteiger partial charge in [-0.25, -0.2) is 15.0 Å². The van der Waals surface area contributed by atoms with Gasteiger partial charge >= 0.3 is 0 Å². The number of hydrogen-bond acceptors (Lipinski definition) is 9. The third-order valence-corrected chi connectivity index (χ3v) is 5.88. The third-order valence-electron chi connectivity index (χ3n) is 4.95. The van der Waals surface area contributed by atoms with Gasteiger partial charge in [0.05, 0.1) is 12.9 Å². The number of fused-ring (bicyclic) bond motifs is 1. The van der Waals surface area contributed by atoms with Crippen LogP contribution < -0.4 is 5.73 Å². The molecule has 10 heteroatoms. The Kier molecular flexibility index (Phi) is 7.47. The molecule has 1 aliphatic heterocycles. The van der Waals surface area contributed by atoms with E-state index in [1.807, 2.05) is 0 Å². The van der Waals surface area contributed by atoms with Gasteiger partial charge in [0, 0.05) is 5.75 Å². The predicted molar refractivity (Wildman–Crippen MR) is 107 cm³/mol. The molecule has 2 aromatic heterocycles. The normalized spacial score (nSPS) is 25.0. The quantitative estimate of drug-likeness (QED) is 0.260. The molecule has 5 N–H and O–H groups in total. The topological polar surface area (TPSA) is 140 Å². The van der Waals surface area contributed by atoms with E-state index in [0.29, 0.717) is 16.3 Å². The molecular weight excluding hydrogens is 382 g/mol. The number of aromatic nitrogens is 4. The Hall–Kier alpha value is -1.46. The van der Waals surface area contributed by atoms with Crippen LogP contribution in [-0.4, -0.2) is 65.5 Å². The van der Waals surface area contributed by atoms with Gasteiger partial charge in [-0.2, -0.15) is 0 Å². The van der Waals surface area contributed by atoms with E-state index in [1.54, 1.807) is 0 Å². The number of aliphatic hydroxyl groups excluding tert-OH is 3. The van der Waals surface area contributed by atoms with Crippen molar-refractivity contribution in [3.63, 3.8) is 0 Å². The first-order chi connectivity index (χ1) is 13.6. The Balaban J connectivity index is 1.69.